The molecule has 0 radical (unpaired) electrons. The number of hydrogen-bond acceptors (Lipinski definition) is 1. The Morgan fingerprint density at radius 2 is 1.73 bits per heavy atom. The highest BCUT2D eigenvalue weighted by atomic mass is 35.5. The first-order chi connectivity index (χ1) is 7.08. The van der Waals surface area contributed by atoms with Crippen LogP contribution in [0.15, 0.2) is 24.3 Å². The molecule has 0 aliphatic heterocycles. The maximum Gasteiger partial charge on any atom is 0.0484 e. The Hall–Kier alpha value is -0.790. The van der Waals surface area contributed by atoms with Crippen LogP contribution in [-0.2, 0) is 0 Å². The van der Waals surface area contributed by atoms with E-state index in [1.807, 2.05) is 23.5 Å². The summed E-state index contributed by atoms with van der Waals surface area (Å²) in [6.07, 6.45) is 0. The van der Waals surface area contributed by atoms with E-state index in [1.165, 1.54) is 20.9 Å². The summed E-state index contributed by atoms with van der Waals surface area (Å²) in [7, 11) is 0. The molecule has 1 aromatic carbocycles. The number of halogens is 1. The molecule has 0 saturated carbocycles. The molecule has 2 rings (SSSR count). The minimum absolute atomic E-state index is 0.835. The summed E-state index contributed by atoms with van der Waals surface area (Å²) in [6, 6.07) is 8.37. The third-order valence-corrected chi connectivity index (χ3v) is 3.75. The van der Waals surface area contributed by atoms with Crippen LogP contribution in [0.3, 0.4) is 0 Å². The van der Waals surface area contributed by atoms with E-state index in [4.69, 9.17) is 11.6 Å². The predicted molar refractivity (Wildman–Crippen MR) is 69.0 cm³/mol. The lowest BCUT2D eigenvalue weighted by atomic mass is 10.0. The molecule has 2 aromatic rings. The van der Waals surface area contributed by atoms with Crippen LogP contribution < -0.4 is 0 Å². The Balaban J connectivity index is 2.62. The summed E-state index contributed by atoms with van der Waals surface area (Å²) >= 11 is 8.04. The van der Waals surface area contributed by atoms with Crippen LogP contribution in [0.2, 0.25) is 5.02 Å². The van der Waals surface area contributed by atoms with Gasteiger partial charge in [0.15, 0.2) is 0 Å². The second kappa shape index (κ2) is 3.99. The molecule has 0 aliphatic carbocycles. The van der Waals surface area contributed by atoms with Crippen LogP contribution in [-0.4, -0.2) is 0 Å². The molecule has 0 bridgehead atoms. The Kier molecular flexibility index (Phi) is 2.85. The summed E-state index contributed by atoms with van der Waals surface area (Å²) in [5.74, 6) is 0. The zero-order valence-electron chi connectivity index (χ0n) is 9.10. The molecule has 0 saturated heterocycles. The average molecular weight is 237 g/mol. The summed E-state index contributed by atoms with van der Waals surface area (Å²) in [5, 5.41) is 0.835. The number of rotatable bonds is 1. The van der Waals surface area contributed by atoms with Gasteiger partial charge in [0.25, 0.3) is 0 Å². The monoisotopic (exact) mass is 236 g/mol. The molecule has 2 heteroatoms. The van der Waals surface area contributed by atoms with Crippen LogP contribution >= 0.6 is 22.9 Å². The van der Waals surface area contributed by atoms with Gasteiger partial charge < -0.3 is 0 Å². The smallest absolute Gasteiger partial charge is 0.0484 e. The van der Waals surface area contributed by atoms with E-state index in [1.54, 1.807) is 0 Å². The van der Waals surface area contributed by atoms with E-state index in [-0.39, 0.29) is 0 Å². The fraction of sp³-hybridized carbons (Fsp3) is 0.231. The molecular weight excluding hydrogens is 224 g/mol. The highest BCUT2D eigenvalue weighted by Crippen LogP contribution is 2.35. The Labute approximate surface area is 99.5 Å². The molecule has 0 aliphatic rings. The van der Waals surface area contributed by atoms with E-state index >= 15 is 0 Å². The van der Waals surface area contributed by atoms with Gasteiger partial charge in [-0.1, -0.05) is 23.2 Å². The van der Waals surface area contributed by atoms with E-state index in [2.05, 4.69) is 32.9 Å². The minimum Gasteiger partial charge on any atom is -0.145 e. The van der Waals surface area contributed by atoms with Crippen molar-refractivity contribution < 1.29 is 0 Å². The van der Waals surface area contributed by atoms with Gasteiger partial charge in [0, 0.05) is 20.3 Å². The highest BCUT2D eigenvalue weighted by Gasteiger charge is 2.09. The van der Waals surface area contributed by atoms with Crippen molar-refractivity contribution in [2.75, 3.05) is 0 Å². The highest BCUT2D eigenvalue weighted by molar-refractivity contribution is 7.12. The number of benzene rings is 1. The standard InChI is InChI=1S/C13H13ClS/c1-8-4-5-13(14)12(6-8)11-7-9(2)15-10(11)3/h4-7H,1-3H3. The quantitative estimate of drug-likeness (QED) is 0.654. The molecule has 0 N–H and O–H groups in total. The topological polar surface area (TPSA) is 0 Å². The lowest BCUT2D eigenvalue weighted by molar-refractivity contribution is 1.46. The van der Waals surface area contributed by atoms with Crippen molar-refractivity contribution in [1.82, 2.24) is 0 Å². The first kappa shape index (κ1) is 10.7. The van der Waals surface area contributed by atoms with Crippen molar-refractivity contribution in [3.63, 3.8) is 0 Å². The normalized spacial score (nSPS) is 10.7. The number of thiophene rings is 1. The molecule has 0 nitrogen and oxygen atoms in total. The lowest BCUT2D eigenvalue weighted by Gasteiger charge is -2.04. The SMILES string of the molecule is Cc1ccc(Cl)c(-c2cc(C)sc2C)c1. The second-order valence-corrected chi connectivity index (χ2v) is 5.68. The van der Waals surface area contributed by atoms with Crippen molar-refractivity contribution in [1.29, 1.82) is 0 Å². The third kappa shape index (κ3) is 2.09. The number of aryl methyl sites for hydroxylation is 3. The molecule has 15 heavy (non-hydrogen) atoms. The lowest BCUT2D eigenvalue weighted by Crippen LogP contribution is -1.81. The second-order valence-electron chi connectivity index (χ2n) is 3.81. The zero-order chi connectivity index (χ0) is 11.0. The molecule has 0 spiro atoms. The van der Waals surface area contributed by atoms with Crippen molar-refractivity contribution in [3.8, 4) is 11.1 Å². The van der Waals surface area contributed by atoms with Gasteiger partial charge in [-0.3, -0.25) is 0 Å². The fourth-order valence-corrected chi connectivity index (χ4v) is 2.90. The average Bonchev–Trinajstić information content (AvgIpc) is 2.50. The fourth-order valence-electron chi connectivity index (χ4n) is 1.74. The molecule has 1 heterocycles. The molecule has 0 unspecified atom stereocenters. The van der Waals surface area contributed by atoms with Gasteiger partial charge in [-0.15, -0.1) is 11.3 Å². The first-order valence-corrected chi connectivity index (χ1v) is 6.11. The molecule has 0 amide bonds. The van der Waals surface area contributed by atoms with Gasteiger partial charge in [-0.25, -0.2) is 0 Å². The largest absolute Gasteiger partial charge is 0.145 e. The van der Waals surface area contributed by atoms with Crippen LogP contribution in [0.5, 0.6) is 0 Å². The van der Waals surface area contributed by atoms with Gasteiger partial charge in [0.2, 0.25) is 0 Å². The van der Waals surface area contributed by atoms with Crippen molar-refractivity contribution >= 4 is 22.9 Å². The summed E-state index contributed by atoms with van der Waals surface area (Å²) in [6.45, 7) is 6.37. The predicted octanol–water partition coefficient (Wildman–Crippen LogP) is 4.99. The molecule has 0 atom stereocenters. The Morgan fingerprint density at radius 1 is 1.00 bits per heavy atom. The van der Waals surface area contributed by atoms with Crippen LogP contribution in [0.1, 0.15) is 15.3 Å². The van der Waals surface area contributed by atoms with Crippen molar-refractivity contribution in [3.05, 3.63) is 44.6 Å². The Bertz CT molecular complexity index is 497. The molecule has 78 valence electrons. The van der Waals surface area contributed by atoms with Gasteiger partial charge in [-0.05, 0) is 44.5 Å². The minimum atomic E-state index is 0.835. The third-order valence-electron chi connectivity index (χ3n) is 2.45. The van der Waals surface area contributed by atoms with Gasteiger partial charge in [0.1, 0.15) is 0 Å². The van der Waals surface area contributed by atoms with E-state index in [0.717, 1.165) is 10.6 Å². The van der Waals surface area contributed by atoms with Crippen LogP contribution in [0, 0.1) is 20.8 Å². The van der Waals surface area contributed by atoms with Crippen LogP contribution in [0.4, 0.5) is 0 Å². The zero-order valence-corrected chi connectivity index (χ0v) is 10.7. The molecular formula is C13H13ClS. The van der Waals surface area contributed by atoms with Crippen molar-refractivity contribution in [2.24, 2.45) is 0 Å². The van der Waals surface area contributed by atoms with Gasteiger partial charge >= 0.3 is 0 Å². The van der Waals surface area contributed by atoms with Crippen LogP contribution in [0.25, 0.3) is 11.1 Å². The maximum atomic E-state index is 6.22. The summed E-state index contributed by atoms with van der Waals surface area (Å²) in [4.78, 5) is 2.67. The summed E-state index contributed by atoms with van der Waals surface area (Å²) in [5.41, 5.74) is 3.67. The maximum absolute atomic E-state index is 6.22. The Morgan fingerprint density at radius 3 is 2.33 bits per heavy atom. The number of hydrogen-bond donors (Lipinski definition) is 0. The van der Waals surface area contributed by atoms with E-state index < -0.39 is 0 Å². The first-order valence-electron chi connectivity index (χ1n) is 4.91. The van der Waals surface area contributed by atoms with Gasteiger partial charge in [0.05, 0.1) is 0 Å². The molecule has 0 fully saturated rings. The molecule has 1 aromatic heterocycles. The van der Waals surface area contributed by atoms with Gasteiger partial charge in [-0.2, -0.15) is 0 Å². The summed E-state index contributed by atoms with van der Waals surface area (Å²) < 4.78 is 0. The van der Waals surface area contributed by atoms with E-state index in [0.29, 0.717) is 0 Å². The van der Waals surface area contributed by atoms with Crippen molar-refractivity contribution in [2.45, 2.75) is 20.8 Å². The van der Waals surface area contributed by atoms with E-state index in [9.17, 15) is 0 Å².